The molecule has 0 unspecified atom stereocenters. The molecule has 2 amide bonds. The summed E-state index contributed by atoms with van der Waals surface area (Å²) in [4.78, 5) is 23.0. The summed E-state index contributed by atoms with van der Waals surface area (Å²) in [7, 11) is 0. The van der Waals surface area contributed by atoms with Gasteiger partial charge in [-0.3, -0.25) is 20.4 Å². The van der Waals surface area contributed by atoms with Crippen molar-refractivity contribution in [1.82, 2.24) is 10.9 Å². The van der Waals surface area contributed by atoms with Crippen LogP contribution in [0.4, 0.5) is 0 Å². The fraction of sp³-hybridized carbons (Fsp3) is 0.125. The second kappa shape index (κ2) is 7.68. The van der Waals surface area contributed by atoms with Crippen LogP contribution in [-0.4, -0.2) is 18.4 Å². The zero-order valence-electron chi connectivity index (χ0n) is 12.0. The van der Waals surface area contributed by atoms with Gasteiger partial charge in [-0.2, -0.15) is 0 Å². The van der Waals surface area contributed by atoms with Gasteiger partial charge in [-0.1, -0.05) is 12.1 Å². The summed E-state index contributed by atoms with van der Waals surface area (Å²) >= 11 is 0. The van der Waals surface area contributed by atoms with Crippen molar-refractivity contribution in [2.45, 2.75) is 6.92 Å². The highest BCUT2D eigenvalue weighted by molar-refractivity contribution is 5.92. The van der Waals surface area contributed by atoms with E-state index in [4.69, 9.17) is 9.15 Å². The number of ether oxygens (including phenoxy) is 1. The number of carbonyl (C=O) groups excluding carboxylic acids is 2. The van der Waals surface area contributed by atoms with Crippen molar-refractivity contribution < 1.29 is 18.7 Å². The Morgan fingerprint density at radius 1 is 1.23 bits per heavy atom. The Bertz CT molecular complexity index is 663. The number of furan rings is 1. The molecule has 0 radical (unpaired) electrons. The standard InChI is InChI=1S/C16H16N2O4/c1-12-4-2-5-14(10-12)22-11-16(20)18-17-15(19)8-7-13-6-3-9-21-13/h2-10H,11H2,1H3,(H,17,19)(H,18,20)/b8-7+. The van der Waals surface area contributed by atoms with Gasteiger partial charge in [0.05, 0.1) is 6.26 Å². The molecule has 6 heteroatoms. The average molecular weight is 300 g/mol. The third-order valence-electron chi connectivity index (χ3n) is 2.63. The highest BCUT2D eigenvalue weighted by Crippen LogP contribution is 2.11. The van der Waals surface area contributed by atoms with E-state index < -0.39 is 11.8 Å². The van der Waals surface area contributed by atoms with Gasteiger partial charge < -0.3 is 9.15 Å². The molecule has 0 saturated carbocycles. The Morgan fingerprint density at radius 3 is 2.82 bits per heavy atom. The lowest BCUT2D eigenvalue weighted by Gasteiger charge is -2.07. The average Bonchev–Trinajstić information content (AvgIpc) is 3.02. The molecule has 2 N–H and O–H groups in total. The van der Waals surface area contributed by atoms with Crippen LogP contribution in [0.5, 0.6) is 5.75 Å². The van der Waals surface area contributed by atoms with Crippen LogP contribution in [0.2, 0.25) is 0 Å². The van der Waals surface area contributed by atoms with E-state index in [1.54, 1.807) is 18.2 Å². The lowest BCUT2D eigenvalue weighted by molar-refractivity contribution is -0.128. The molecule has 0 atom stereocenters. The maximum atomic E-state index is 11.5. The third kappa shape index (κ3) is 5.16. The first-order valence-corrected chi connectivity index (χ1v) is 6.63. The Balaban J connectivity index is 1.70. The highest BCUT2D eigenvalue weighted by Gasteiger charge is 2.04. The van der Waals surface area contributed by atoms with Crippen LogP contribution in [0.1, 0.15) is 11.3 Å². The number of hydrazine groups is 1. The SMILES string of the molecule is Cc1cccc(OCC(=O)NNC(=O)/C=C/c2ccco2)c1. The predicted octanol–water partition coefficient (Wildman–Crippen LogP) is 1.83. The van der Waals surface area contributed by atoms with Crippen molar-refractivity contribution in [2.75, 3.05) is 6.61 Å². The molecule has 2 rings (SSSR count). The van der Waals surface area contributed by atoms with Crippen LogP contribution in [0.15, 0.2) is 53.2 Å². The molecular weight excluding hydrogens is 284 g/mol. The van der Waals surface area contributed by atoms with Crippen LogP contribution in [0, 0.1) is 6.92 Å². The molecule has 0 spiro atoms. The van der Waals surface area contributed by atoms with E-state index in [9.17, 15) is 9.59 Å². The van der Waals surface area contributed by atoms with Crippen LogP contribution < -0.4 is 15.6 Å². The number of hydrogen-bond acceptors (Lipinski definition) is 4. The van der Waals surface area contributed by atoms with E-state index in [0.29, 0.717) is 11.5 Å². The Morgan fingerprint density at radius 2 is 2.09 bits per heavy atom. The molecule has 0 saturated heterocycles. The maximum absolute atomic E-state index is 11.5. The minimum absolute atomic E-state index is 0.189. The first kappa shape index (κ1) is 15.4. The summed E-state index contributed by atoms with van der Waals surface area (Å²) in [5.41, 5.74) is 5.53. The second-order valence-electron chi connectivity index (χ2n) is 4.49. The van der Waals surface area contributed by atoms with Crippen molar-refractivity contribution >= 4 is 17.9 Å². The zero-order chi connectivity index (χ0) is 15.8. The fourth-order valence-electron chi connectivity index (χ4n) is 1.61. The van der Waals surface area contributed by atoms with Crippen molar-refractivity contribution in [3.63, 3.8) is 0 Å². The number of aryl methyl sites for hydroxylation is 1. The van der Waals surface area contributed by atoms with E-state index in [1.165, 1.54) is 18.4 Å². The number of carbonyl (C=O) groups is 2. The molecule has 1 heterocycles. The van der Waals surface area contributed by atoms with Crippen LogP contribution in [0.3, 0.4) is 0 Å². The topological polar surface area (TPSA) is 80.6 Å². The van der Waals surface area contributed by atoms with Crippen LogP contribution in [-0.2, 0) is 9.59 Å². The van der Waals surface area contributed by atoms with Crippen molar-refractivity contribution in [2.24, 2.45) is 0 Å². The molecular formula is C16H16N2O4. The summed E-state index contributed by atoms with van der Waals surface area (Å²) in [5.74, 6) is 0.213. The van der Waals surface area contributed by atoms with Gasteiger partial charge in [-0.25, -0.2) is 0 Å². The Labute approximate surface area is 127 Å². The Kier molecular flexibility index (Phi) is 5.37. The van der Waals surface area contributed by atoms with Crippen LogP contribution >= 0.6 is 0 Å². The van der Waals surface area contributed by atoms with Gasteiger partial charge in [0.1, 0.15) is 11.5 Å². The molecule has 1 aromatic heterocycles. The first-order chi connectivity index (χ1) is 10.6. The van der Waals surface area contributed by atoms with Gasteiger partial charge in [0, 0.05) is 6.08 Å². The molecule has 1 aromatic carbocycles. The third-order valence-corrected chi connectivity index (χ3v) is 2.63. The summed E-state index contributed by atoms with van der Waals surface area (Å²) in [5, 5.41) is 0. The normalized spacial score (nSPS) is 10.4. The van der Waals surface area contributed by atoms with E-state index in [1.807, 2.05) is 25.1 Å². The number of hydrogen-bond donors (Lipinski definition) is 2. The monoisotopic (exact) mass is 300 g/mol. The molecule has 22 heavy (non-hydrogen) atoms. The highest BCUT2D eigenvalue weighted by atomic mass is 16.5. The lowest BCUT2D eigenvalue weighted by atomic mass is 10.2. The largest absolute Gasteiger partial charge is 0.484 e. The van der Waals surface area contributed by atoms with Gasteiger partial charge in [-0.15, -0.1) is 0 Å². The fourth-order valence-corrected chi connectivity index (χ4v) is 1.61. The van der Waals surface area contributed by atoms with Gasteiger partial charge >= 0.3 is 0 Å². The predicted molar refractivity (Wildman–Crippen MR) is 80.7 cm³/mol. The quantitative estimate of drug-likeness (QED) is 0.652. The molecule has 6 nitrogen and oxygen atoms in total. The zero-order valence-corrected chi connectivity index (χ0v) is 12.0. The molecule has 0 aliphatic rings. The summed E-state index contributed by atoms with van der Waals surface area (Å²) in [6.45, 7) is 1.74. The van der Waals surface area contributed by atoms with Gasteiger partial charge in [0.15, 0.2) is 6.61 Å². The number of benzene rings is 1. The summed E-state index contributed by atoms with van der Waals surface area (Å²) < 4.78 is 10.3. The molecule has 0 aliphatic carbocycles. The Hall–Kier alpha value is -3.02. The van der Waals surface area contributed by atoms with E-state index in [0.717, 1.165) is 5.56 Å². The molecule has 0 fully saturated rings. The second-order valence-corrected chi connectivity index (χ2v) is 4.49. The molecule has 0 aliphatic heterocycles. The van der Waals surface area contributed by atoms with E-state index in [2.05, 4.69) is 10.9 Å². The summed E-state index contributed by atoms with van der Waals surface area (Å²) in [6.07, 6.45) is 4.24. The van der Waals surface area contributed by atoms with Crippen molar-refractivity contribution in [3.8, 4) is 5.75 Å². The van der Waals surface area contributed by atoms with Crippen molar-refractivity contribution in [3.05, 3.63) is 60.1 Å². The van der Waals surface area contributed by atoms with Gasteiger partial charge in [-0.05, 0) is 42.8 Å². The number of rotatable bonds is 5. The molecule has 0 bridgehead atoms. The van der Waals surface area contributed by atoms with E-state index >= 15 is 0 Å². The maximum Gasteiger partial charge on any atom is 0.276 e. The number of amides is 2. The first-order valence-electron chi connectivity index (χ1n) is 6.63. The van der Waals surface area contributed by atoms with Crippen LogP contribution in [0.25, 0.3) is 6.08 Å². The number of nitrogens with one attached hydrogen (secondary N) is 2. The van der Waals surface area contributed by atoms with E-state index in [-0.39, 0.29) is 6.61 Å². The minimum atomic E-state index is -0.472. The van der Waals surface area contributed by atoms with Crippen molar-refractivity contribution in [1.29, 1.82) is 0 Å². The van der Waals surface area contributed by atoms with Gasteiger partial charge in [0.2, 0.25) is 0 Å². The molecule has 114 valence electrons. The van der Waals surface area contributed by atoms with Gasteiger partial charge in [0.25, 0.3) is 11.8 Å². The minimum Gasteiger partial charge on any atom is -0.484 e. The smallest absolute Gasteiger partial charge is 0.276 e. The lowest BCUT2D eigenvalue weighted by Crippen LogP contribution is -2.43. The summed E-state index contributed by atoms with van der Waals surface area (Å²) in [6, 6.07) is 10.8. The molecule has 2 aromatic rings.